The second-order valence-electron chi connectivity index (χ2n) is 6.44. The van der Waals surface area contributed by atoms with E-state index in [4.69, 9.17) is 14.2 Å². The first-order valence-corrected chi connectivity index (χ1v) is 8.69. The molecule has 2 aliphatic heterocycles. The van der Waals surface area contributed by atoms with Crippen LogP contribution in [0.1, 0.15) is 17.7 Å². The summed E-state index contributed by atoms with van der Waals surface area (Å²) >= 11 is 0. The van der Waals surface area contributed by atoms with Gasteiger partial charge in [-0.1, -0.05) is 12.1 Å². The lowest BCUT2D eigenvalue weighted by Gasteiger charge is -2.18. The SMILES string of the molecule is Cc1cccc(OC2CCN(C(=O)NCc3ccc4c(c3)OCO4)C2)n1. The Balaban J connectivity index is 1.28. The second kappa shape index (κ2) is 7.11. The molecule has 0 bridgehead atoms. The summed E-state index contributed by atoms with van der Waals surface area (Å²) in [6.07, 6.45) is 0.771. The average molecular weight is 355 g/mol. The number of fused-ring (bicyclic) bond motifs is 1. The maximum atomic E-state index is 12.4. The Hall–Kier alpha value is -2.96. The number of benzene rings is 1. The number of hydrogen-bond acceptors (Lipinski definition) is 5. The van der Waals surface area contributed by atoms with Gasteiger partial charge in [0.1, 0.15) is 6.10 Å². The Labute approximate surface area is 151 Å². The Morgan fingerprint density at radius 2 is 2.19 bits per heavy atom. The molecule has 4 rings (SSSR count). The highest BCUT2D eigenvalue weighted by Crippen LogP contribution is 2.32. The molecule has 1 aromatic heterocycles. The molecular weight excluding hydrogens is 334 g/mol. The van der Waals surface area contributed by atoms with Crippen molar-refractivity contribution in [2.45, 2.75) is 26.0 Å². The normalized spacial score (nSPS) is 18.0. The molecule has 0 aliphatic carbocycles. The van der Waals surface area contributed by atoms with Gasteiger partial charge in [0.25, 0.3) is 0 Å². The quantitative estimate of drug-likeness (QED) is 0.912. The highest BCUT2D eigenvalue weighted by molar-refractivity contribution is 5.74. The number of urea groups is 1. The summed E-state index contributed by atoms with van der Waals surface area (Å²) in [4.78, 5) is 18.5. The molecule has 1 saturated heterocycles. The van der Waals surface area contributed by atoms with E-state index in [1.54, 1.807) is 4.90 Å². The predicted molar refractivity (Wildman–Crippen MR) is 94.4 cm³/mol. The van der Waals surface area contributed by atoms with Crippen LogP contribution in [0.5, 0.6) is 17.4 Å². The lowest BCUT2D eigenvalue weighted by molar-refractivity contribution is 0.174. The molecule has 1 fully saturated rings. The number of hydrogen-bond donors (Lipinski definition) is 1. The van der Waals surface area contributed by atoms with Crippen molar-refractivity contribution in [3.05, 3.63) is 47.7 Å². The van der Waals surface area contributed by atoms with Crippen LogP contribution >= 0.6 is 0 Å². The van der Waals surface area contributed by atoms with E-state index in [1.807, 2.05) is 43.3 Å². The Bertz CT molecular complexity index is 811. The van der Waals surface area contributed by atoms with Crippen LogP contribution in [0.3, 0.4) is 0 Å². The molecule has 1 atom stereocenters. The minimum atomic E-state index is -0.0917. The minimum Gasteiger partial charge on any atom is -0.472 e. The van der Waals surface area contributed by atoms with Crippen LogP contribution in [-0.4, -0.2) is 41.9 Å². The standard InChI is InChI=1S/C19H21N3O4/c1-13-3-2-4-18(21-13)26-15-7-8-22(11-15)19(23)20-10-14-5-6-16-17(9-14)25-12-24-16/h2-6,9,15H,7-8,10-12H2,1H3,(H,20,23). The number of nitrogens with zero attached hydrogens (tertiary/aromatic N) is 2. The van der Waals surface area contributed by atoms with Crippen molar-refractivity contribution in [2.24, 2.45) is 0 Å². The summed E-state index contributed by atoms with van der Waals surface area (Å²) in [6, 6.07) is 11.3. The van der Waals surface area contributed by atoms with E-state index in [2.05, 4.69) is 10.3 Å². The summed E-state index contributed by atoms with van der Waals surface area (Å²) in [5, 5.41) is 2.95. The third kappa shape index (κ3) is 3.66. The first-order chi connectivity index (χ1) is 12.7. The Kier molecular flexibility index (Phi) is 4.51. The summed E-state index contributed by atoms with van der Waals surface area (Å²) in [6.45, 7) is 3.84. The van der Waals surface area contributed by atoms with E-state index in [0.29, 0.717) is 25.5 Å². The number of aryl methyl sites for hydroxylation is 1. The van der Waals surface area contributed by atoms with Gasteiger partial charge in [-0.3, -0.25) is 0 Å². The molecule has 7 nitrogen and oxygen atoms in total. The molecule has 2 aromatic rings. The maximum Gasteiger partial charge on any atom is 0.317 e. The molecule has 1 unspecified atom stereocenters. The minimum absolute atomic E-state index is 0.0272. The van der Waals surface area contributed by atoms with Crippen molar-refractivity contribution in [3.8, 4) is 17.4 Å². The number of carbonyl (C=O) groups excluding carboxylic acids is 1. The van der Waals surface area contributed by atoms with E-state index in [1.165, 1.54) is 0 Å². The lowest BCUT2D eigenvalue weighted by atomic mass is 10.2. The number of aromatic nitrogens is 1. The molecule has 1 aromatic carbocycles. The van der Waals surface area contributed by atoms with Crippen LogP contribution in [0.2, 0.25) is 0 Å². The summed E-state index contributed by atoms with van der Waals surface area (Å²) in [5.74, 6) is 2.07. The van der Waals surface area contributed by atoms with Gasteiger partial charge in [-0.2, -0.15) is 0 Å². The third-order valence-corrected chi connectivity index (χ3v) is 4.46. The number of carbonyl (C=O) groups is 1. The average Bonchev–Trinajstić information content (AvgIpc) is 3.28. The number of amides is 2. The maximum absolute atomic E-state index is 12.4. The molecule has 2 amide bonds. The molecule has 0 spiro atoms. The van der Waals surface area contributed by atoms with Crippen molar-refractivity contribution in [1.29, 1.82) is 0 Å². The van der Waals surface area contributed by atoms with Crippen LogP contribution in [0.25, 0.3) is 0 Å². The van der Waals surface area contributed by atoms with Crippen LogP contribution in [0.4, 0.5) is 4.79 Å². The molecule has 3 heterocycles. The number of ether oxygens (including phenoxy) is 3. The second-order valence-corrected chi connectivity index (χ2v) is 6.44. The van der Waals surface area contributed by atoms with E-state index in [0.717, 1.165) is 29.2 Å². The molecule has 7 heteroatoms. The number of nitrogens with one attached hydrogen (secondary N) is 1. The summed E-state index contributed by atoms with van der Waals surface area (Å²) in [5.41, 5.74) is 1.89. The van der Waals surface area contributed by atoms with E-state index < -0.39 is 0 Å². The zero-order valence-corrected chi connectivity index (χ0v) is 14.6. The van der Waals surface area contributed by atoms with Crippen molar-refractivity contribution in [1.82, 2.24) is 15.2 Å². The van der Waals surface area contributed by atoms with Crippen molar-refractivity contribution in [3.63, 3.8) is 0 Å². The number of rotatable bonds is 4. The number of pyridine rings is 1. The zero-order valence-electron chi connectivity index (χ0n) is 14.6. The van der Waals surface area contributed by atoms with Crippen LogP contribution in [0, 0.1) is 6.92 Å². The molecular formula is C19H21N3O4. The van der Waals surface area contributed by atoms with E-state index in [-0.39, 0.29) is 18.9 Å². The van der Waals surface area contributed by atoms with Crippen LogP contribution in [0.15, 0.2) is 36.4 Å². The van der Waals surface area contributed by atoms with Gasteiger partial charge >= 0.3 is 6.03 Å². The number of likely N-dealkylation sites (tertiary alicyclic amines) is 1. The van der Waals surface area contributed by atoms with Crippen LogP contribution in [-0.2, 0) is 6.54 Å². The smallest absolute Gasteiger partial charge is 0.317 e. The first kappa shape index (κ1) is 16.5. The van der Waals surface area contributed by atoms with Crippen molar-refractivity contribution >= 4 is 6.03 Å². The third-order valence-electron chi connectivity index (χ3n) is 4.46. The van der Waals surface area contributed by atoms with Gasteiger partial charge in [0.05, 0.1) is 6.54 Å². The highest BCUT2D eigenvalue weighted by atomic mass is 16.7. The fourth-order valence-electron chi connectivity index (χ4n) is 3.10. The molecule has 136 valence electrons. The van der Waals surface area contributed by atoms with E-state index in [9.17, 15) is 4.79 Å². The van der Waals surface area contributed by atoms with Gasteiger partial charge in [0.2, 0.25) is 12.7 Å². The van der Waals surface area contributed by atoms with Gasteiger partial charge < -0.3 is 24.4 Å². The molecule has 0 radical (unpaired) electrons. The fourth-order valence-corrected chi connectivity index (χ4v) is 3.10. The fraction of sp³-hybridized carbons (Fsp3) is 0.368. The summed E-state index contributed by atoms with van der Waals surface area (Å²) < 4.78 is 16.5. The van der Waals surface area contributed by atoms with Gasteiger partial charge in [0, 0.05) is 31.3 Å². The molecule has 26 heavy (non-hydrogen) atoms. The topological polar surface area (TPSA) is 72.9 Å². The van der Waals surface area contributed by atoms with Gasteiger partial charge in [0.15, 0.2) is 11.5 Å². The first-order valence-electron chi connectivity index (χ1n) is 8.69. The molecule has 0 saturated carbocycles. The van der Waals surface area contributed by atoms with Gasteiger partial charge in [-0.25, -0.2) is 9.78 Å². The Morgan fingerprint density at radius 1 is 1.31 bits per heavy atom. The van der Waals surface area contributed by atoms with Crippen LogP contribution < -0.4 is 19.5 Å². The van der Waals surface area contributed by atoms with Gasteiger partial charge in [-0.05, 0) is 30.7 Å². The van der Waals surface area contributed by atoms with Crippen molar-refractivity contribution < 1.29 is 19.0 Å². The Morgan fingerprint density at radius 3 is 3.08 bits per heavy atom. The summed E-state index contributed by atoms with van der Waals surface area (Å²) in [7, 11) is 0. The predicted octanol–water partition coefficient (Wildman–Crippen LogP) is 2.48. The lowest BCUT2D eigenvalue weighted by Crippen LogP contribution is -2.39. The molecule has 2 aliphatic rings. The monoisotopic (exact) mass is 355 g/mol. The van der Waals surface area contributed by atoms with E-state index >= 15 is 0 Å². The largest absolute Gasteiger partial charge is 0.472 e. The van der Waals surface area contributed by atoms with Crippen molar-refractivity contribution in [2.75, 3.05) is 19.9 Å². The molecule has 1 N–H and O–H groups in total. The zero-order chi connectivity index (χ0) is 17.9. The van der Waals surface area contributed by atoms with Gasteiger partial charge in [-0.15, -0.1) is 0 Å². The highest BCUT2D eigenvalue weighted by Gasteiger charge is 2.27.